The Labute approximate surface area is 166 Å². The van der Waals surface area contributed by atoms with Gasteiger partial charge in [0.15, 0.2) is 9.96 Å². The predicted molar refractivity (Wildman–Crippen MR) is 89.6 cm³/mol. The fourth-order valence-corrected chi connectivity index (χ4v) is 7.06. The maximum absolute atomic E-state index is 12.8. The Morgan fingerprint density at radius 1 is 1.24 bits per heavy atom. The van der Waals surface area contributed by atoms with E-state index in [9.17, 15) is 42.4 Å². The van der Waals surface area contributed by atoms with Gasteiger partial charge in [-0.3, -0.25) is 5.32 Å². The SMILES string of the molecule is CC(O)(O)NC1c2c(sc(S(N)(=O)=O)c2O)S(=O)(=O)C(OCC(O)(O)O)C1(O)O. The molecule has 0 amide bonds. The molecule has 0 spiro atoms. The van der Waals surface area contributed by atoms with E-state index in [0.29, 0.717) is 6.92 Å². The van der Waals surface area contributed by atoms with E-state index in [2.05, 4.69) is 4.74 Å². The molecule has 29 heavy (non-hydrogen) atoms. The van der Waals surface area contributed by atoms with Crippen LogP contribution >= 0.6 is 11.3 Å². The maximum atomic E-state index is 12.8. The van der Waals surface area contributed by atoms with Crippen LogP contribution in [0.4, 0.5) is 0 Å². The summed E-state index contributed by atoms with van der Waals surface area (Å²) in [6.45, 7) is -0.914. The molecule has 0 bridgehead atoms. The fourth-order valence-electron chi connectivity index (χ4n) is 2.58. The van der Waals surface area contributed by atoms with Gasteiger partial charge in [-0.05, 0) is 0 Å². The number of fused-ring (bicyclic) bond motifs is 1. The van der Waals surface area contributed by atoms with E-state index >= 15 is 0 Å². The monoisotopic (exact) mass is 482 g/mol. The minimum Gasteiger partial charge on any atom is -0.505 e. The molecule has 1 aromatic rings. The summed E-state index contributed by atoms with van der Waals surface area (Å²) in [5.74, 6) is -11.5. The average Bonchev–Trinajstić information content (AvgIpc) is 2.79. The van der Waals surface area contributed by atoms with Crippen molar-refractivity contribution < 1.29 is 62.4 Å². The second kappa shape index (κ2) is 7.02. The van der Waals surface area contributed by atoms with E-state index in [1.54, 1.807) is 5.32 Å². The van der Waals surface area contributed by atoms with Gasteiger partial charge >= 0.3 is 0 Å². The minimum atomic E-state index is -5.08. The molecule has 0 fully saturated rings. The molecule has 0 radical (unpaired) electrons. The number of primary sulfonamides is 1. The van der Waals surface area contributed by atoms with E-state index < -0.39 is 75.3 Å². The average molecular weight is 482 g/mol. The Morgan fingerprint density at radius 3 is 2.17 bits per heavy atom. The van der Waals surface area contributed by atoms with Crippen molar-refractivity contribution in [2.45, 2.75) is 44.5 Å². The van der Waals surface area contributed by atoms with Gasteiger partial charge in [0.25, 0.3) is 16.0 Å². The molecule has 0 saturated heterocycles. The molecular weight excluding hydrogens is 464 g/mol. The number of rotatable bonds is 6. The number of hydrogen-bond acceptors (Lipinski definition) is 15. The largest absolute Gasteiger partial charge is 0.505 e. The van der Waals surface area contributed by atoms with Crippen LogP contribution in [0.2, 0.25) is 0 Å². The highest BCUT2D eigenvalue weighted by atomic mass is 32.3. The molecule has 2 rings (SSSR count). The summed E-state index contributed by atoms with van der Waals surface area (Å²) < 4.78 is 51.2. The molecule has 0 saturated carbocycles. The third kappa shape index (κ3) is 4.69. The summed E-state index contributed by atoms with van der Waals surface area (Å²) in [7, 11) is -9.79. The summed E-state index contributed by atoms with van der Waals surface area (Å²) in [6, 6.07) is -2.32. The van der Waals surface area contributed by atoms with Crippen LogP contribution in [-0.4, -0.2) is 87.4 Å². The zero-order valence-corrected chi connectivity index (χ0v) is 16.7. The van der Waals surface area contributed by atoms with Crippen LogP contribution in [0, 0.1) is 0 Å². The van der Waals surface area contributed by atoms with Gasteiger partial charge < -0.3 is 45.6 Å². The Kier molecular flexibility index (Phi) is 5.87. The zero-order valence-electron chi connectivity index (χ0n) is 14.3. The molecule has 2 heterocycles. The second-order valence-electron chi connectivity index (χ2n) is 6.33. The van der Waals surface area contributed by atoms with Gasteiger partial charge in [0.05, 0.1) is 0 Å². The van der Waals surface area contributed by atoms with Crippen LogP contribution in [0.25, 0.3) is 0 Å². The zero-order chi connectivity index (χ0) is 22.8. The smallest absolute Gasteiger partial charge is 0.300 e. The number of sulfonamides is 1. The second-order valence-corrected chi connectivity index (χ2v) is 11.3. The van der Waals surface area contributed by atoms with Gasteiger partial charge in [-0.15, -0.1) is 11.3 Å². The summed E-state index contributed by atoms with van der Waals surface area (Å²) in [5.41, 5.74) is -3.79. The van der Waals surface area contributed by atoms with Crippen molar-refractivity contribution in [1.82, 2.24) is 5.32 Å². The number of aromatic hydroxyl groups is 1. The highest BCUT2D eigenvalue weighted by Crippen LogP contribution is 2.52. The van der Waals surface area contributed by atoms with Crippen LogP contribution in [-0.2, 0) is 24.6 Å². The topological polar surface area (TPSA) is 277 Å². The molecule has 18 heteroatoms. The Balaban J connectivity index is 2.80. The van der Waals surface area contributed by atoms with Gasteiger partial charge in [0.1, 0.15) is 16.9 Å². The number of sulfone groups is 1. The van der Waals surface area contributed by atoms with E-state index in [0.717, 1.165) is 0 Å². The molecule has 1 aliphatic rings. The van der Waals surface area contributed by atoms with Crippen molar-refractivity contribution in [2.75, 3.05) is 6.61 Å². The molecule has 0 aromatic carbocycles. The number of nitrogens with two attached hydrogens (primary N) is 1. The summed E-state index contributed by atoms with van der Waals surface area (Å²) in [4.78, 5) is 0. The third-order valence-corrected chi connectivity index (χ3v) is 8.73. The first-order valence-corrected chi connectivity index (χ1v) is 11.2. The standard InChI is InChI=1S/C11H18N2O13S3/c1-9(15,16)13-5-3-4(14)7(29(12,24)25)27-6(3)28(22,23)8(11(5,20)21)26-2-10(17,18)19/h5,8,13-21H,2H2,1H3,(H2,12,24,25). The van der Waals surface area contributed by atoms with Gasteiger partial charge in [-0.25, -0.2) is 22.0 Å². The normalized spacial score (nSPS) is 24.3. The molecule has 11 N–H and O–H groups in total. The van der Waals surface area contributed by atoms with E-state index in [1.807, 2.05) is 0 Å². The van der Waals surface area contributed by atoms with Crippen molar-refractivity contribution in [2.24, 2.45) is 5.14 Å². The third-order valence-electron chi connectivity index (χ3n) is 3.56. The first-order valence-electron chi connectivity index (χ1n) is 7.28. The molecule has 1 aliphatic heterocycles. The lowest BCUT2D eigenvalue weighted by molar-refractivity contribution is -0.345. The number of nitrogens with one attached hydrogen (secondary N) is 1. The van der Waals surface area contributed by atoms with Crippen LogP contribution in [0.3, 0.4) is 0 Å². The highest BCUT2D eigenvalue weighted by Gasteiger charge is 2.61. The number of aliphatic hydroxyl groups is 7. The van der Waals surface area contributed by atoms with Crippen LogP contribution in [0.15, 0.2) is 8.42 Å². The summed E-state index contributed by atoms with van der Waals surface area (Å²) in [6.07, 6.45) is 0. The van der Waals surface area contributed by atoms with Crippen LogP contribution in [0.1, 0.15) is 18.5 Å². The van der Waals surface area contributed by atoms with Crippen molar-refractivity contribution in [3.05, 3.63) is 5.56 Å². The Hall–Kier alpha value is -1.00. The van der Waals surface area contributed by atoms with Gasteiger partial charge in [-0.2, -0.15) is 0 Å². The van der Waals surface area contributed by atoms with Gasteiger partial charge in [0.2, 0.25) is 27.0 Å². The Bertz CT molecular complexity index is 1000. The molecule has 1 aromatic heterocycles. The maximum Gasteiger partial charge on any atom is 0.300 e. The molecule has 2 atom stereocenters. The fraction of sp³-hybridized carbons (Fsp3) is 0.636. The highest BCUT2D eigenvalue weighted by molar-refractivity contribution is 7.95. The van der Waals surface area contributed by atoms with E-state index in [1.165, 1.54) is 0 Å². The molecule has 2 unspecified atom stereocenters. The minimum absolute atomic E-state index is 0.100. The van der Waals surface area contributed by atoms with Crippen LogP contribution < -0.4 is 10.5 Å². The molecule has 0 aliphatic carbocycles. The summed E-state index contributed by atoms with van der Waals surface area (Å²) >= 11 is -0.100. The number of thiophene rings is 1. The van der Waals surface area contributed by atoms with Crippen molar-refractivity contribution in [3.63, 3.8) is 0 Å². The molecule has 15 nitrogen and oxygen atoms in total. The Morgan fingerprint density at radius 2 is 1.76 bits per heavy atom. The molecule has 168 valence electrons. The van der Waals surface area contributed by atoms with Gasteiger partial charge in [0, 0.05) is 12.5 Å². The van der Waals surface area contributed by atoms with Gasteiger partial charge in [-0.1, -0.05) is 0 Å². The lowest BCUT2D eigenvalue weighted by Crippen LogP contribution is -2.63. The number of hydrogen-bond donors (Lipinski definition) is 10. The predicted octanol–water partition coefficient (Wildman–Crippen LogP) is -5.17. The first-order chi connectivity index (χ1) is 12.7. The van der Waals surface area contributed by atoms with E-state index in [4.69, 9.17) is 20.5 Å². The summed E-state index contributed by atoms with van der Waals surface area (Å²) in [5, 5.41) is 83.4. The lowest BCUT2D eigenvalue weighted by atomic mass is 9.99. The number of ether oxygens (including phenoxy) is 1. The molecular formula is C11H18N2O13S3. The van der Waals surface area contributed by atoms with Crippen molar-refractivity contribution in [3.8, 4) is 5.75 Å². The quantitative estimate of drug-likeness (QED) is 0.170. The first kappa shape index (κ1) is 24.3. The van der Waals surface area contributed by atoms with Crippen LogP contribution in [0.5, 0.6) is 5.75 Å². The van der Waals surface area contributed by atoms with Crippen molar-refractivity contribution in [1.29, 1.82) is 0 Å². The lowest BCUT2D eigenvalue weighted by Gasteiger charge is -2.42. The van der Waals surface area contributed by atoms with E-state index in [-0.39, 0.29) is 11.3 Å². The van der Waals surface area contributed by atoms with Crippen molar-refractivity contribution >= 4 is 31.2 Å².